The van der Waals surface area contributed by atoms with Crippen LogP contribution < -0.4 is 5.73 Å². The van der Waals surface area contributed by atoms with E-state index in [0.717, 1.165) is 51.4 Å². The standard InChI is InChI=1S/C39H66N6O4/c1-12-38(13-2,44(10)11)22-49-31-28(45-42-33(40)41-43-45)20-39-23-48-21-35(31,7)29(39)15-14-26-27(39)16-17-37(9)30(32(46)47)34(6,25(5)24(3)4)18-19-36(26,37)8/h16,24-26,28-31H,12-15,17-23H2,1-11H3,(H2,40,42)(H,46,47)/t25-,26+,28?,29+,30-,31+,34-,35-,36-,37+,39+/m1/s1. The van der Waals surface area contributed by atoms with E-state index >= 15 is 0 Å². The van der Waals surface area contributed by atoms with Gasteiger partial charge in [-0.15, -0.1) is 5.10 Å². The highest BCUT2D eigenvalue weighted by molar-refractivity contribution is 5.73. The Morgan fingerprint density at radius 2 is 1.82 bits per heavy atom. The number of rotatable bonds is 10. The Bertz CT molecular complexity index is 1440. The van der Waals surface area contributed by atoms with Crippen LogP contribution in [0.2, 0.25) is 0 Å². The molecule has 10 nitrogen and oxygen atoms in total. The van der Waals surface area contributed by atoms with Gasteiger partial charge >= 0.3 is 5.97 Å². The second-order valence-electron chi connectivity index (χ2n) is 18.6. The highest BCUT2D eigenvalue weighted by Crippen LogP contribution is 2.75. The average molecular weight is 683 g/mol. The lowest BCUT2D eigenvalue weighted by Crippen LogP contribution is -2.69. The molecular weight excluding hydrogens is 616 g/mol. The number of aromatic nitrogens is 4. The topological polar surface area (TPSA) is 129 Å². The molecule has 2 bridgehead atoms. The predicted molar refractivity (Wildman–Crippen MR) is 192 cm³/mol. The molecule has 1 saturated heterocycles. The second kappa shape index (κ2) is 12.3. The molecule has 1 aromatic heterocycles. The minimum Gasteiger partial charge on any atom is -0.481 e. The van der Waals surface area contributed by atoms with Crippen molar-refractivity contribution in [2.45, 2.75) is 131 Å². The van der Waals surface area contributed by atoms with Crippen molar-refractivity contribution >= 4 is 11.9 Å². The summed E-state index contributed by atoms with van der Waals surface area (Å²) in [6.45, 7) is 22.6. The van der Waals surface area contributed by atoms with Crippen molar-refractivity contribution in [2.24, 2.45) is 56.7 Å². The van der Waals surface area contributed by atoms with Crippen molar-refractivity contribution in [3.05, 3.63) is 11.6 Å². The van der Waals surface area contributed by atoms with Crippen molar-refractivity contribution in [1.82, 2.24) is 25.1 Å². The molecule has 11 atom stereocenters. The molecule has 4 aliphatic carbocycles. The summed E-state index contributed by atoms with van der Waals surface area (Å²) in [5, 5.41) is 24.3. The number of hydrogen-bond acceptors (Lipinski definition) is 8. The quantitative estimate of drug-likeness (QED) is 0.254. The number of nitrogens with zero attached hydrogens (tertiary/aromatic N) is 5. The third kappa shape index (κ3) is 5.02. The fourth-order valence-corrected chi connectivity index (χ4v) is 12.9. The minimum absolute atomic E-state index is 0.0777. The summed E-state index contributed by atoms with van der Waals surface area (Å²) in [7, 11) is 4.31. The predicted octanol–water partition coefficient (Wildman–Crippen LogP) is 6.89. The van der Waals surface area contributed by atoms with Gasteiger partial charge < -0.3 is 25.2 Å². The van der Waals surface area contributed by atoms with Gasteiger partial charge in [0.25, 0.3) is 5.95 Å². The Morgan fingerprint density at radius 3 is 2.39 bits per heavy atom. The number of allylic oxidation sites excluding steroid dienone is 1. The SMILES string of the molecule is CCC(CC)(CO[C@H]1C(n2nnc(N)n2)C[C@@]23COC[C@]1(C)[C@@H]2CC[C@H]1C3=CC[C@@]2(C)[C@H](C(=O)O)[C@@](C)([C@H](C)C(C)C)CC[C@]12C)N(C)C. The van der Waals surface area contributed by atoms with E-state index in [4.69, 9.17) is 15.2 Å². The summed E-state index contributed by atoms with van der Waals surface area (Å²) >= 11 is 0. The fourth-order valence-electron chi connectivity index (χ4n) is 12.9. The molecule has 4 fully saturated rings. The highest BCUT2D eigenvalue weighted by atomic mass is 16.5. The van der Waals surface area contributed by atoms with Crippen LogP contribution in [-0.4, -0.2) is 81.7 Å². The highest BCUT2D eigenvalue weighted by Gasteiger charge is 2.72. The Hall–Kier alpha value is -2.04. The zero-order valence-corrected chi connectivity index (χ0v) is 32.4. The zero-order chi connectivity index (χ0) is 35.9. The molecule has 0 radical (unpaired) electrons. The van der Waals surface area contributed by atoms with Gasteiger partial charge in [-0.3, -0.25) is 4.79 Å². The molecule has 2 heterocycles. The third-order valence-corrected chi connectivity index (χ3v) is 16.6. The van der Waals surface area contributed by atoms with E-state index in [1.807, 2.05) is 0 Å². The number of carboxylic acid groups (broad SMARTS) is 1. The molecule has 6 rings (SSSR count). The van der Waals surface area contributed by atoms with Crippen molar-refractivity contribution in [2.75, 3.05) is 39.6 Å². The van der Waals surface area contributed by atoms with Gasteiger partial charge in [-0.1, -0.05) is 79.1 Å². The van der Waals surface area contributed by atoms with Crippen LogP contribution in [-0.2, 0) is 14.3 Å². The van der Waals surface area contributed by atoms with Crippen LogP contribution in [0.3, 0.4) is 0 Å². The molecule has 0 spiro atoms. The summed E-state index contributed by atoms with van der Waals surface area (Å²) in [6, 6.07) is -0.155. The number of carboxylic acids is 1. The number of ether oxygens (including phenoxy) is 2. The number of nitrogens with two attached hydrogens (primary N) is 1. The number of nitrogen functional groups attached to an aromatic ring is 1. The first kappa shape index (κ1) is 36.7. The summed E-state index contributed by atoms with van der Waals surface area (Å²) in [5.74, 6) is 0.541. The van der Waals surface area contributed by atoms with Crippen molar-refractivity contribution in [1.29, 1.82) is 0 Å². The van der Waals surface area contributed by atoms with E-state index in [9.17, 15) is 9.90 Å². The molecule has 1 aromatic rings. The maximum atomic E-state index is 13.5. The van der Waals surface area contributed by atoms with Gasteiger partial charge in [-0.05, 0) is 111 Å². The summed E-state index contributed by atoms with van der Waals surface area (Å²) in [6.07, 6.45) is 9.99. The normalized spacial score (nSPS) is 42.6. The Balaban J connectivity index is 1.44. The molecule has 3 saturated carbocycles. The number of hydrogen-bond donors (Lipinski definition) is 2. The van der Waals surface area contributed by atoms with Gasteiger partial charge in [-0.25, -0.2) is 0 Å². The number of tetrazole rings is 1. The van der Waals surface area contributed by atoms with Crippen LogP contribution in [0.1, 0.15) is 120 Å². The summed E-state index contributed by atoms with van der Waals surface area (Å²) < 4.78 is 13.9. The van der Waals surface area contributed by atoms with Gasteiger partial charge in [0.05, 0.1) is 31.8 Å². The number of anilines is 1. The van der Waals surface area contributed by atoms with Gasteiger partial charge in [0, 0.05) is 16.4 Å². The Kier molecular flexibility index (Phi) is 9.21. The summed E-state index contributed by atoms with van der Waals surface area (Å²) in [4.78, 5) is 17.5. The van der Waals surface area contributed by atoms with Crippen molar-refractivity contribution < 1.29 is 19.4 Å². The fraction of sp³-hybridized carbons (Fsp3) is 0.897. The van der Waals surface area contributed by atoms with Gasteiger partial charge in [0.15, 0.2) is 0 Å². The van der Waals surface area contributed by atoms with Crippen molar-refractivity contribution in [3.63, 3.8) is 0 Å². The van der Waals surface area contributed by atoms with E-state index < -0.39 is 11.9 Å². The first-order chi connectivity index (χ1) is 22.9. The smallest absolute Gasteiger partial charge is 0.307 e. The number of fused-ring (bicyclic) bond motifs is 3. The van der Waals surface area contributed by atoms with E-state index in [-0.39, 0.29) is 50.7 Å². The molecule has 0 amide bonds. The van der Waals surface area contributed by atoms with Gasteiger partial charge in [0.1, 0.15) is 6.04 Å². The molecule has 1 aliphatic heterocycles. The van der Waals surface area contributed by atoms with Crippen LogP contribution in [0, 0.1) is 56.7 Å². The maximum Gasteiger partial charge on any atom is 0.307 e. The zero-order valence-electron chi connectivity index (χ0n) is 32.4. The molecule has 1 unspecified atom stereocenters. The first-order valence-electron chi connectivity index (χ1n) is 19.3. The monoisotopic (exact) mass is 683 g/mol. The van der Waals surface area contributed by atoms with Crippen LogP contribution in [0.25, 0.3) is 0 Å². The minimum atomic E-state index is -0.624. The molecular formula is C39H66N6O4. The lowest BCUT2D eigenvalue weighted by atomic mass is 9.34. The third-order valence-electron chi connectivity index (χ3n) is 16.6. The first-order valence-corrected chi connectivity index (χ1v) is 19.3. The van der Waals surface area contributed by atoms with E-state index in [1.165, 1.54) is 5.57 Å². The number of aliphatic carboxylic acids is 1. The lowest BCUT2D eigenvalue weighted by Gasteiger charge is -2.71. The van der Waals surface area contributed by atoms with Crippen LogP contribution in [0.5, 0.6) is 0 Å². The Labute approximate surface area is 295 Å². The lowest BCUT2D eigenvalue weighted by molar-refractivity contribution is -0.255. The summed E-state index contributed by atoms with van der Waals surface area (Å²) in [5.41, 5.74) is 6.27. The molecule has 10 heteroatoms. The largest absolute Gasteiger partial charge is 0.481 e. The van der Waals surface area contributed by atoms with Crippen molar-refractivity contribution in [3.8, 4) is 0 Å². The Morgan fingerprint density at radius 1 is 1.12 bits per heavy atom. The number of carbonyl (C=O) groups is 1. The van der Waals surface area contributed by atoms with Crippen LogP contribution >= 0.6 is 0 Å². The van der Waals surface area contributed by atoms with Crippen LogP contribution in [0.4, 0.5) is 5.95 Å². The van der Waals surface area contributed by atoms with Gasteiger partial charge in [-0.2, -0.15) is 4.80 Å². The maximum absolute atomic E-state index is 13.5. The molecule has 5 aliphatic rings. The van der Waals surface area contributed by atoms with Crippen LogP contribution in [0.15, 0.2) is 11.6 Å². The van der Waals surface area contributed by atoms with E-state index in [0.29, 0.717) is 43.5 Å². The average Bonchev–Trinajstić information content (AvgIpc) is 3.48. The number of likely N-dealkylation sites (N-methyl/N-ethyl adjacent to an activating group) is 1. The van der Waals surface area contributed by atoms with E-state index in [1.54, 1.807) is 4.80 Å². The van der Waals surface area contributed by atoms with Gasteiger partial charge in [0.2, 0.25) is 0 Å². The van der Waals surface area contributed by atoms with E-state index in [2.05, 4.69) is 103 Å². The molecule has 276 valence electrons. The molecule has 0 aromatic carbocycles. The molecule has 49 heavy (non-hydrogen) atoms. The molecule has 3 N–H and O–H groups in total. The second-order valence-corrected chi connectivity index (χ2v) is 18.6.